The SMILES string of the molecule is CN(C)c1ccc(C(=C2C=CC(=Nc3ccccc3)c3ccccc32)c2ccc(N(C)C)cc2)cc1. The molecule has 0 spiro atoms. The van der Waals surface area contributed by atoms with Gasteiger partial charge in [0.1, 0.15) is 0 Å². The molecule has 0 heterocycles. The number of nitrogens with zero attached hydrogens (tertiary/aromatic N) is 3. The van der Waals surface area contributed by atoms with Crippen LogP contribution in [0.1, 0.15) is 22.3 Å². The minimum absolute atomic E-state index is 0.957. The fourth-order valence-electron chi connectivity index (χ4n) is 4.57. The topological polar surface area (TPSA) is 18.8 Å². The molecule has 3 heteroatoms. The average molecular weight is 470 g/mol. The van der Waals surface area contributed by atoms with Crippen LogP contribution in [0.5, 0.6) is 0 Å². The summed E-state index contributed by atoms with van der Waals surface area (Å²) in [6.45, 7) is 0. The van der Waals surface area contributed by atoms with E-state index in [9.17, 15) is 0 Å². The summed E-state index contributed by atoms with van der Waals surface area (Å²) in [6, 6.07) is 36.4. The molecule has 5 rings (SSSR count). The standard InChI is InChI=1S/C33H31N3/c1-35(2)27-18-14-24(15-19-27)33(25-16-20-28(21-17-25)36(3)4)31-22-23-32(30-13-9-8-12-29(30)31)34-26-10-6-5-7-11-26/h5-23H,1-4H3. The van der Waals surface area contributed by atoms with E-state index in [1.165, 1.54) is 39.2 Å². The molecule has 0 bridgehead atoms. The van der Waals surface area contributed by atoms with Gasteiger partial charge in [-0.25, -0.2) is 4.99 Å². The van der Waals surface area contributed by atoms with Gasteiger partial charge in [0.15, 0.2) is 0 Å². The highest BCUT2D eigenvalue weighted by molar-refractivity contribution is 6.19. The molecule has 0 unspecified atom stereocenters. The Morgan fingerprint density at radius 2 is 1.03 bits per heavy atom. The van der Waals surface area contributed by atoms with Gasteiger partial charge in [-0.05, 0) is 70.3 Å². The fourth-order valence-corrected chi connectivity index (χ4v) is 4.57. The van der Waals surface area contributed by atoms with E-state index in [0.717, 1.165) is 17.0 Å². The monoisotopic (exact) mass is 469 g/mol. The third-order valence-corrected chi connectivity index (χ3v) is 6.52. The van der Waals surface area contributed by atoms with Gasteiger partial charge in [-0.1, -0.05) is 72.8 Å². The summed E-state index contributed by atoms with van der Waals surface area (Å²) in [5, 5.41) is 0. The van der Waals surface area contributed by atoms with E-state index in [1.54, 1.807) is 0 Å². The van der Waals surface area contributed by atoms with E-state index in [-0.39, 0.29) is 0 Å². The molecule has 178 valence electrons. The summed E-state index contributed by atoms with van der Waals surface area (Å²) < 4.78 is 0. The first-order valence-corrected chi connectivity index (χ1v) is 12.2. The van der Waals surface area contributed by atoms with Crippen LogP contribution in [0.2, 0.25) is 0 Å². The average Bonchev–Trinajstić information content (AvgIpc) is 2.91. The minimum Gasteiger partial charge on any atom is -0.378 e. The van der Waals surface area contributed by atoms with Crippen molar-refractivity contribution in [2.45, 2.75) is 0 Å². The largest absolute Gasteiger partial charge is 0.378 e. The maximum atomic E-state index is 4.96. The highest BCUT2D eigenvalue weighted by Crippen LogP contribution is 2.38. The molecular weight excluding hydrogens is 438 g/mol. The molecular formula is C33H31N3. The van der Waals surface area contributed by atoms with Crippen molar-refractivity contribution >= 4 is 33.9 Å². The van der Waals surface area contributed by atoms with Gasteiger partial charge in [-0.3, -0.25) is 0 Å². The lowest BCUT2D eigenvalue weighted by Gasteiger charge is -2.22. The van der Waals surface area contributed by atoms with E-state index < -0.39 is 0 Å². The Bertz CT molecular complexity index is 1390. The highest BCUT2D eigenvalue weighted by Gasteiger charge is 2.20. The van der Waals surface area contributed by atoms with Crippen LogP contribution in [0.3, 0.4) is 0 Å². The maximum Gasteiger partial charge on any atom is 0.0715 e. The first-order chi connectivity index (χ1) is 17.5. The molecule has 0 aliphatic heterocycles. The molecule has 0 atom stereocenters. The second-order valence-electron chi connectivity index (χ2n) is 9.38. The van der Waals surface area contributed by atoms with Crippen LogP contribution in [0, 0.1) is 0 Å². The van der Waals surface area contributed by atoms with Crippen LogP contribution >= 0.6 is 0 Å². The predicted octanol–water partition coefficient (Wildman–Crippen LogP) is 7.47. The number of hydrogen-bond donors (Lipinski definition) is 0. The zero-order valence-corrected chi connectivity index (χ0v) is 21.3. The van der Waals surface area contributed by atoms with Crippen LogP contribution in [0.15, 0.2) is 120 Å². The van der Waals surface area contributed by atoms with Crippen molar-refractivity contribution in [3.63, 3.8) is 0 Å². The molecule has 3 nitrogen and oxygen atoms in total. The number of anilines is 2. The van der Waals surface area contributed by atoms with Crippen LogP contribution in [0.4, 0.5) is 17.1 Å². The Labute approximate surface area is 214 Å². The van der Waals surface area contributed by atoms with Crippen molar-refractivity contribution in [1.82, 2.24) is 0 Å². The van der Waals surface area contributed by atoms with Gasteiger partial charge in [-0.2, -0.15) is 0 Å². The minimum atomic E-state index is 0.957. The van der Waals surface area contributed by atoms with E-state index in [2.05, 4.69) is 123 Å². The first kappa shape index (κ1) is 23.4. The summed E-state index contributed by atoms with van der Waals surface area (Å²) in [5.74, 6) is 0. The quantitative estimate of drug-likeness (QED) is 0.302. The number of aliphatic imine (C=N–C) groups is 1. The first-order valence-electron chi connectivity index (χ1n) is 12.2. The third-order valence-electron chi connectivity index (χ3n) is 6.52. The summed E-state index contributed by atoms with van der Waals surface area (Å²) in [4.78, 5) is 9.22. The van der Waals surface area contributed by atoms with Crippen molar-refractivity contribution in [2.24, 2.45) is 4.99 Å². The summed E-state index contributed by atoms with van der Waals surface area (Å²) in [5.41, 5.74) is 11.4. The van der Waals surface area contributed by atoms with E-state index in [1.807, 2.05) is 30.3 Å². The molecule has 0 radical (unpaired) electrons. The molecule has 0 saturated heterocycles. The Morgan fingerprint density at radius 1 is 0.528 bits per heavy atom. The Hall–Kier alpha value is -4.37. The molecule has 1 aliphatic carbocycles. The molecule has 4 aromatic carbocycles. The van der Waals surface area contributed by atoms with Crippen molar-refractivity contribution in [1.29, 1.82) is 0 Å². The van der Waals surface area contributed by atoms with Crippen molar-refractivity contribution in [3.8, 4) is 0 Å². The zero-order chi connectivity index (χ0) is 25.1. The van der Waals surface area contributed by atoms with Crippen LogP contribution in [0.25, 0.3) is 11.1 Å². The molecule has 0 aromatic heterocycles. The Morgan fingerprint density at radius 3 is 1.56 bits per heavy atom. The zero-order valence-electron chi connectivity index (χ0n) is 21.3. The van der Waals surface area contributed by atoms with E-state index in [4.69, 9.17) is 4.99 Å². The number of hydrogen-bond acceptors (Lipinski definition) is 3. The molecule has 0 N–H and O–H groups in total. The van der Waals surface area contributed by atoms with E-state index >= 15 is 0 Å². The smallest absolute Gasteiger partial charge is 0.0715 e. The molecule has 1 aliphatic rings. The van der Waals surface area contributed by atoms with Crippen LogP contribution < -0.4 is 9.80 Å². The van der Waals surface area contributed by atoms with Gasteiger partial charge >= 0.3 is 0 Å². The molecule has 0 amide bonds. The lowest BCUT2D eigenvalue weighted by molar-refractivity contribution is 1.13. The van der Waals surface area contributed by atoms with Gasteiger partial charge in [0.2, 0.25) is 0 Å². The van der Waals surface area contributed by atoms with E-state index in [0.29, 0.717) is 0 Å². The van der Waals surface area contributed by atoms with Gasteiger partial charge in [0.25, 0.3) is 0 Å². The fraction of sp³-hybridized carbons (Fsp3) is 0.121. The maximum absolute atomic E-state index is 4.96. The lowest BCUT2D eigenvalue weighted by Crippen LogP contribution is -2.10. The summed E-state index contributed by atoms with van der Waals surface area (Å²) >= 11 is 0. The number of para-hydroxylation sites is 1. The highest BCUT2D eigenvalue weighted by atomic mass is 15.1. The number of fused-ring (bicyclic) bond motifs is 1. The van der Waals surface area contributed by atoms with Gasteiger partial charge in [0, 0.05) is 45.1 Å². The number of rotatable bonds is 5. The second-order valence-corrected chi connectivity index (χ2v) is 9.38. The lowest BCUT2D eigenvalue weighted by atomic mass is 9.83. The molecule has 0 saturated carbocycles. The number of allylic oxidation sites excluding steroid dienone is 3. The second kappa shape index (κ2) is 10.1. The third kappa shape index (κ3) is 4.73. The predicted molar refractivity (Wildman–Crippen MR) is 156 cm³/mol. The van der Waals surface area contributed by atoms with Crippen molar-refractivity contribution in [3.05, 3.63) is 138 Å². The normalized spacial score (nSPS) is 13.4. The summed E-state index contributed by atoms with van der Waals surface area (Å²) in [6.07, 6.45) is 4.37. The molecule has 36 heavy (non-hydrogen) atoms. The van der Waals surface area contributed by atoms with Crippen LogP contribution in [-0.2, 0) is 0 Å². The molecule has 4 aromatic rings. The van der Waals surface area contributed by atoms with Crippen molar-refractivity contribution in [2.75, 3.05) is 38.0 Å². The van der Waals surface area contributed by atoms with Crippen LogP contribution in [-0.4, -0.2) is 33.9 Å². The molecule has 0 fully saturated rings. The Kier molecular flexibility index (Phi) is 6.55. The van der Waals surface area contributed by atoms with Crippen molar-refractivity contribution < 1.29 is 0 Å². The van der Waals surface area contributed by atoms with Gasteiger partial charge in [0.05, 0.1) is 11.4 Å². The summed E-state index contributed by atoms with van der Waals surface area (Å²) in [7, 11) is 8.29. The Balaban J connectivity index is 1.71. The van der Waals surface area contributed by atoms with Gasteiger partial charge in [-0.15, -0.1) is 0 Å². The van der Waals surface area contributed by atoms with Gasteiger partial charge < -0.3 is 9.80 Å². The number of benzene rings is 4.